The Morgan fingerprint density at radius 2 is 0.940 bits per heavy atom. The molecule has 0 aliphatic carbocycles. The van der Waals surface area contributed by atoms with Crippen LogP contribution in [0.5, 0.6) is 0 Å². The standard InChI is InChI=1S/C64H46N2Si/c1-67(2)62-31-11-9-26-57(62)58-39-37-51(42-63(58)67)65(59-30-15-17-44-16-6-7-24-52(44)59)50-23-12-20-48(40-50)54-28-14-19-46-18-13-27-53(64(46)54)45-34-32-43(33-35-45)47-36-38-56-55-25-8-10-29-60(55)66(61(56)41-47)49-21-4-3-5-22-49/h3-42H,1-2H3. The summed E-state index contributed by atoms with van der Waals surface area (Å²) < 4.78 is 2.39. The molecule has 2 nitrogen and oxygen atoms in total. The predicted molar refractivity (Wildman–Crippen MR) is 289 cm³/mol. The zero-order valence-electron chi connectivity index (χ0n) is 37.5. The van der Waals surface area contributed by atoms with Gasteiger partial charge in [-0.3, -0.25) is 0 Å². The summed E-state index contributed by atoms with van der Waals surface area (Å²) in [4.78, 5) is 2.49. The fourth-order valence-electron chi connectivity index (χ4n) is 11.1. The van der Waals surface area contributed by atoms with E-state index in [0.29, 0.717) is 0 Å². The zero-order valence-corrected chi connectivity index (χ0v) is 38.5. The number of nitrogens with zero attached hydrogens (tertiary/aromatic N) is 2. The average molecular weight is 871 g/mol. The van der Waals surface area contributed by atoms with Gasteiger partial charge in [-0.05, 0) is 126 Å². The lowest BCUT2D eigenvalue weighted by molar-refractivity contribution is 1.18. The van der Waals surface area contributed by atoms with Gasteiger partial charge in [-0.1, -0.05) is 201 Å². The molecule has 0 unspecified atom stereocenters. The number of hydrogen-bond donors (Lipinski definition) is 0. The lowest BCUT2D eigenvalue weighted by Gasteiger charge is -2.29. The first-order chi connectivity index (χ1) is 33.0. The van der Waals surface area contributed by atoms with Crippen LogP contribution in [-0.2, 0) is 0 Å². The van der Waals surface area contributed by atoms with Crippen LogP contribution in [0.1, 0.15) is 0 Å². The van der Waals surface area contributed by atoms with E-state index in [-0.39, 0.29) is 0 Å². The van der Waals surface area contributed by atoms with E-state index < -0.39 is 8.07 Å². The Hall–Kier alpha value is -8.24. The summed E-state index contributed by atoms with van der Waals surface area (Å²) in [6, 6.07) is 89.9. The minimum Gasteiger partial charge on any atom is -0.310 e. The largest absolute Gasteiger partial charge is 0.310 e. The van der Waals surface area contributed by atoms with Crippen molar-refractivity contribution in [1.29, 1.82) is 0 Å². The highest BCUT2D eigenvalue weighted by molar-refractivity contribution is 7.03. The van der Waals surface area contributed by atoms with Crippen LogP contribution in [0, 0.1) is 0 Å². The van der Waals surface area contributed by atoms with Gasteiger partial charge in [0.05, 0.1) is 16.7 Å². The molecule has 0 amide bonds. The Balaban J connectivity index is 0.919. The highest BCUT2D eigenvalue weighted by atomic mass is 28.3. The van der Waals surface area contributed by atoms with E-state index in [1.54, 1.807) is 0 Å². The predicted octanol–water partition coefficient (Wildman–Crippen LogP) is 16.4. The quantitative estimate of drug-likeness (QED) is 0.145. The maximum atomic E-state index is 2.50. The first kappa shape index (κ1) is 39.1. The van der Waals surface area contributed by atoms with Gasteiger partial charge in [0.2, 0.25) is 0 Å². The van der Waals surface area contributed by atoms with E-state index in [9.17, 15) is 0 Å². The second-order valence-electron chi connectivity index (χ2n) is 18.5. The molecule has 0 saturated heterocycles. The molecule has 316 valence electrons. The Labute approximate surface area is 392 Å². The number of anilines is 3. The van der Waals surface area contributed by atoms with Crippen molar-refractivity contribution in [3.05, 3.63) is 243 Å². The van der Waals surface area contributed by atoms with Crippen molar-refractivity contribution in [1.82, 2.24) is 4.57 Å². The molecule has 0 bridgehead atoms. The van der Waals surface area contributed by atoms with Gasteiger partial charge in [-0.2, -0.15) is 0 Å². The SMILES string of the molecule is C[Si]1(C)c2ccccc2-c2ccc(N(c3cccc(-c4cccc5cccc(-c6ccc(-c7ccc8c9ccccc9n(-c9ccccc9)c8c7)cc6)c45)c3)c3cccc4ccccc34)cc21. The summed E-state index contributed by atoms with van der Waals surface area (Å²) in [5, 5.41) is 10.5. The summed E-state index contributed by atoms with van der Waals surface area (Å²) >= 11 is 0. The molecule has 12 aromatic rings. The molecule has 2 heterocycles. The van der Waals surface area contributed by atoms with Crippen molar-refractivity contribution in [3.63, 3.8) is 0 Å². The first-order valence-corrected chi connectivity index (χ1v) is 26.3. The third kappa shape index (κ3) is 6.30. The number of aromatic nitrogens is 1. The smallest absolute Gasteiger partial charge is 0.113 e. The molecule has 0 atom stereocenters. The van der Waals surface area contributed by atoms with E-state index in [4.69, 9.17) is 0 Å². The molecule has 1 aliphatic heterocycles. The lowest BCUT2D eigenvalue weighted by atomic mass is 9.90. The van der Waals surface area contributed by atoms with Crippen LogP contribution >= 0.6 is 0 Å². The van der Waals surface area contributed by atoms with Gasteiger partial charge in [-0.15, -0.1) is 0 Å². The van der Waals surface area contributed by atoms with Crippen molar-refractivity contribution >= 4 is 78.9 Å². The highest BCUT2D eigenvalue weighted by Gasteiger charge is 2.37. The van der Waals surface area contributed by atoms with Crippen molar-refractivity contribution in [2.45, 2.75) is 13.1 Å². The first-order valence-electron chi connectivity index (χ1n) is 23.3. The molecule has 67 heavy (non-hydrogen) atoms. The third-order valence-corrected chi connectivity index (χ3v) is 17.9. The van der Waals surface area contributed by atoms with Gasteiger partial charge in [0.25, 0.3) is 0 Å². The number of benzene rings is 11. The molecule has 11 aromatic carbocycles. The molecule has 0 radical (unpaired) electrons. The fourth-order valence-corrected chi connectivity index (χ4v) is 14.2. The number of rotatable bonds is 7. The summed E-state index contributed by atoms with van der Waals surface area (Å²) in [5.74, 6) is 0. The fraction of sp³-hybridized carbons (Fsp3) is 0.0312. The van der Waals surface area contributed by atoms with Crippen LogP contribution < -0.4 is 15.3 Å². The Morgan fingerprint density at radius 3 is 1.79 bits per heavy atom. The molecule has 13 rings (SSSR count). The van der Waals surface area contributed by atoms with Gasteiger partial charge < -0.3 is 9.47 Å². The monoisotopic (exact) mass is 870 g/mol. The van der Waals surface area contributed by atoms with Crippen molar-refractivity contribution in [2.24, 2.45) is 0 Å². The van der Waals surface area contributed by atoms with E-state index in [1.807, 2.05) is 0 Å². The van der Waals surface area contributed by atoms with Crippen molar-refractivity contribution < 1.29 is 0 Å². The Morgan fingerprint density at radius 1 is 0.343 bits per heavy atom. The molecular weight excluding hydrogens is 825 g/mol. The van der Waals surface area contributed by atoms with E-state index >= 15 is 0 Å². The lowest BCUT2D eigenvalue weighted by Crippen LogP contribution is -2.49. The minimum atomic E-state index is -1.93. The number of para-hydroxylation sites is 2. The van der Waals surface area contributed by atoms with Crippen molar-refractivity contribution in [3.8, 4) is 50.2 Å². The molecular formula is C64H46N2Si. The van der Waals surface area contributed by atoms with Crippen molar-refractivity contribution in [2.75, 3.05) is 4.90 Å². The minimum absolute atomic E-state index is 1.13. The molecule has 0 fully saturated rings. The maximum Gasteiger partial charge on any atom is 0.113 e. The molecule has 1 aromatic heterocycles. The molecule has 0 N–H and O–H groups in total. The van der Waals surface area contributed by atoms with E-state index in [0.717, 1.165) is 5.69 Å². The number of hydrogen-bond acceptors (Lipinski definition) is 1. The second-order valence-corrected chi connectivity index (χ2v) is 22.8. The van der Waals surface area contributed by atoms with Crippen LogP contribution in [-0.4, -0.2) is 12.6 Å². The third-order valence-electron chi connectivity index (χ3n) is 14.4. The van der Waals surface area contributed by atoms with Crippen LogP contribution in [0.3, 0.4) is 0 Å². The van der Waals surface area contributed by atoms with Gasteiger partial charge in [0, 0.05) is 33.2 Å². The van der Waals surface area contributed by atoms with Gasteiger partial charge >= 0.3 is 0 Å². The summed E-state index contributed by atoms with van der Waals surface area (Å²) in [6.45, 7) is 5.00. The molecule has 3 heteroatoms. The van der Waals surface area contributed by atoms with Crippen LogP contribution in [0.2, 0.25) is 13.1 Å². The van der Waals surface area contributed by atoms with Gasteiger partial charge in [0.1, 0.15) is 8.07 Å². The second kappa shape index (κ2) is 15.4. The number of fused-ring (bicyclic) bond motifs is 8. The summed E-state index contributed by atoms with van der Waals surface area (Å²) in [5.41, 5.74) is 17.1. The highest BCUT2D eigenvalue weighted by Crippen LogP contribution is 2.44. The van der Waals surface area contributed by atoms with Crippen LogP contribution in [0.15, 0.2) is 243 Å². The summed E-state index contributed by atoms with van der Waals surface area (Å²) in [7, 11) is -1.93. The van der Waals surface area contributed by atoms with E-state index in [2.05, 4.69) is 265 Å². The molecule has 0 spiro atoms. The Kier molecular flexibility index (Phi) is 9.02. The van der Waals surface area contributed by atoms with Crippen LogP contribution in [0.4, 0.5) is 17.1 Å². The molecule has 1 aliphatic rings. The van der Waals surface area contributed by atoms with E-state index in [1.165, 1.54) is 115 Å². The maximum absolute atomic E-state index is 2.50. The zero-order chi connectivity index (χ0) is 44.6. The van der Waals surface area contributed by atoms with Crippen LogP contribution in [0.25, 0.3) is 93.5 Å². The normalized spacial score (nSPS) is 12.7. The Bertz CT molecular complexity index is 3890. The topological polar surface area (TPSA) is 8.17 Å². The molecule has 0 saturated carbocycles. The average Bonchev–Trinajstić information content (AvgIpc) is 3.84. The summed E-state index contributed by atoms with van der Waals surface area (Å²) in [6.07, 6.45) is 0. The van der Waals surface area contributed by atoms with Gasteiger partial charge in [-0.25, -0.2) is 0 Å². The van der Waals surface area contributed by atoms with Gasteiger partial charge in [0.15, 0.2) is 0 Å².